The minimum Gasteiger partial charge on any atom is -0.491 e. The van der Waals surface area contributed by atoms with E-state index in [0.717, 1.165) is 6.08 Å². The standard InChI is InChI=1S/C28H27NO8/c1-19(31)20-11-13-21(14-12-20)29-28(34)37-27(23-9-5-6-10-24(23)35-18-17-30)25(15-16-26(32)33)36-22-7-3-2-4-8-22/h2-16,25,27,30H,17-18H2,1H3,(H,29,34)(H,32,33)/b16-15+/t25-,27-/m1/s1. The molecule has 1 amide bonds. The van der Waals surface area contributed by atoms with Gasteiger partial charge in [0, 0.05) is 22.9 Å². The second kappa shape index (κ2) is 13.5. The number of ketones is 1. The summed E-state index contributed by atoms with van der Waals surface area (Å²) in [4.78, 5) is 35.8. The van der Waals surface area contributed by atoms with Crippen molar-refractivity contribution in [2.24, 2.45) is 0 Å². The SMILES string of the molecule is CC(=O)c1ccc(NC(=O)O[C@H](c2ccccc2OCCO)[C@@H](/C=C/C(=O)O)Oc2ccccc2)cc1. The maximum Gasteiger partial charge on any atom is 0.412 e. The average Bonchev–Trinajstić information content (AvgIpc) is 2.89. The summed E-state index contributed by atoms with van der Waals surface area (Å²) < 4.78 is 17.5. The van der Waals surface area contributed by atoms with Crippen LogP contribution in [0.5, 0.6) is 11.5 Å². The minimum atomic E-state index is -1.21. The number of anilines is 1. The van der Waals surface area contributed by atoms with Crippen molar-refractivity contribution in [3.05, 3.63) is 102 Å². The van der Waals surface area contributed by atoms with Crippen LogP contribution in [0.15, 0.2) is 91.0 Å². The number of hydrogen-bond donors (Lipinski definition) is 3. The molecule has 9 heteroatoms. The maximum absolute atomic E-state index is 13.0. The van der Waals surface area contributed by atoms with Gasteiger partial charge in [-0.2, -0.15) is 0 Å². The molecule has 0 aliphatic heterocycles. The predicted octanol–water partition coefficient (Wildman–Crippen LogP) is 4.64. The summed E-state index contributed by atoms with van der Waals surface area (Å²) in [6, 6.07) is 21.6. The van der Waals surface area contributed by atoms with Gasteiger partial charge in [0.05, 0.1) is 6.61 Å². The topological polar surface area (TPSA) is 131 Å². The van der Waals surface area contributed by atoms with Crippen molar-refractivity contribution in [1.82, 2.24) is 0 Å². The Balaban J connectivity index is 1.96. The van der Waals surface area contributed by atoms with Gasteiger partial charge in [0.25, 0.3) is 0 Å². The molecule has 0 aliphatic carbocycles. The molecule has 0 saturated carbocycles. The molecule has 192 valence electrons. The number of rotatable bonds is 12. The van der Waals surface area contributed by atoms with Crippen molar-refractivity contribution in [3.63, 3.8) is 0 Å². The molecule has 0 heterocycles. The quantitative estimate of drug-likeness (QED) is 0.240. The molecule has 3 aromatic carbocycles. The van der Waals surface area contributed by atoms with E-state index < -0.39 is 24.3 Å². The lowest BCUT2D eigenvalue weighted by molar-refractivity contribution is -0.131. The van der Waals surface area contributed by atoms with Crippen LogP contribution in [0.25, 0.3) is 0 Å². The molecule has 0 bridgehead atoms. The summed E-state index contributed by atoms with van der Waals surface area (Å²) in [7, 11) is 0. The summed E-state index contributed by atoms with van der Waals surface area (Å²) in [5.41, 5.74) is 1.27. The van der Waals surface area contributed by atoms with Crippen LogP contribution in [0.4, 0.5) is 10.5 Å². The van der Waals surface area contributed by atoms with Crippen LogP contribution in [0, 0.1) is 0 Å². The number of aliphatic carboxylic acids is 1. The summed E-state index contributed by atoms with van der Waals surface area (Å²) >= 11 is 0. The molecule has 0 radical (unpaired) electrons. The number of hydrogen-bond acceptors (Lipinski definition) is 7. The zero-order chi connectivity index (χ0) is 26.6. The van der Waals surface area contributed by atoms with E-state index in [4.69, 9.17) is 14.2 Å². The summed E-state index contributed by atoms with van der Waals surface area (Å²) in [5, 5.41) is 21.1. The summed E-state index contributed by atoms with van der Waals surface area (Å²) in [6.07, 6.45) is -0.884. The number of aliphatic hydroxyl groups is 1. The fraction of sp³-hybridized carbons (Fsp3) is 0.179. The lowest BCUT2D eigenvalue weighted by atomic mass is 10.0. The molecule has 0 aromatic heterocycles. The van der Waals surface area contributed by atoms with E-state index in [0.29, 0.717) is 28.3 Å². The van der Waals surface area contributed by atoms with E-state index in [9.17, 15) is 24.6 Å². The number of amides is 1. The monoisotopic (exact) mass is 505 g/mol. The van der Waals surface area contributed by atoms with E-state index in [1.54, 1.807) is 78.9 Å². The molecule has 37 heavy (non-hydrogen) atoms. The third kappa shape index (κ3) is 8.22. The van der Waals surface area contributed by atoms with Crippen molar-refractivity contribution < 1.29 is 38.8 Å². The number of ether oxygens (including phenoxy) is 3. The van der Waals surface area contributed by atoms with Crippen molar-refractivity contribution in [1.29, 1.82) is 0 Å². The minimum absolute atomic E-state index is 0.00635. The Morgan fingerprint density at radius 3 is 2.27 bits per heavy atom. The average molecular weight is 506 g/mol. The van der Waals surface area contributed by atoms with Crippen molar-refractivity contribution in [2.75, 3.05) is 18.5 Å². The Morgan fingerprint density at radius 2 is 1.62 bits per heavy atom. The third-order valence-corrected chi connectivity index (χ3v) is 5.09. The van der Waals surface area contributed by atoms with Gasteiger partial charge in [0.2, 0.25) is 0 Å². The number of carbonyl (C=O) groups is 3. The number of Topliss-reactive ketones (excluding diaryl/α,β-unsaturated/α-hetero) is 1. The largest absolute Gasteiger partial charge is 0.491 e. The Bertz CT molecular complexity index is 1220. The molecule has 0 unspecified atom stereocenters. The Labute approximate surface area is 213 Å². The van der Waals surface area contributed by atoms with Gasteiger partial charge >= 0.3 is 12.1 Å². The van der Waals surface area contributed by atoms with Gasteiger partial charge in [0.15, 0.2) is 18.0 Å². The Hall–Kier alpha value is -4.63. The second-order valence-electron chi connectivity index (χ2n) is 7.79. The van der Waals surface area contributed by atoms with Crippen molar-refractivity contribution in [2.45, 2.75) is 19.1 Å². The molecular formula is C28H27NO8. The van der Waals surface area contributed by atoms with Gasteiger partial charge < -0.3 is 24.4 Å². The molecule has 9 nitrogen and oxygen atoms in total. The van der Waals surface area contributed by atoms with Gasteiger partial charge in [0.1, 0.15) is 18.1 Å². The first-order valence-electron chi connectivity index (χ1n) is 11.4. The van der Waals surface area contributed by atoms with E-state index in [1.807, 2.05) is 0 Å². The molecule has 0 aliphatic rings. The van der Waals surface area contributed by atoms with Gasteiger partial charge in [-0.3, -0.25) is 10.1 Å². The van der Waals surface area contributed by atoms with E-state index in [-0.39, 0.29) is 19.0 Å². The van der Waals surface area contributed by atoms with Gasteiger partial charge in [-0.1, -0.05) is 36.4 Å². The number of carboxylic acid groups (broad SMARTS) is 1. The molecule has 2 atom stereocenters. The number of benzene rings is 3. The molecule has 3 rings (SSSR count). The maximum atomic E-state index is 13.0. The highest BCUT2D eigenvalue weighted by Gasteiger charge is 2.30. The van der Waals surface area contributed by atoms with Gasteiger partial charge in [-0.05, 0) is 55.5 Å². The highest BCUT2D eigenvalue weighted by atomic mass is 16.6. The zero-order valence-electron chi connectivity index (χ0n) is 20.1. The van der Waals surface area contributed by atoms with Gasteiger partial charge in [-0.15, -0.1) is 0 Å². The lowest BCUT2D eigenvalue weighted by Crippen LogP contribution is -2.30. The summed E-state index contributed by atoms with van der Waals surface area (Å²) in [6.45, 7) is 1.20. The van der Waals surface area contributed by atoms with Crippen LogP contribution in [0.2, 0.25) is 0 Å². The van der Waals surface area contributed by atoms with E-state index in [2.05, 4.69) is 5.32 Å². The highest BCUT2D eigenvalue weighted by Crippen LogP contribution is 2.33. The molecule has 3 aromatic rings. The van der Waals surface area contributed by atoms with E-state index >= 15 is 0 Å². The second-order valence-corrected chi connectivity index (χ2v) is 7.79. The van der Waals surface area contributed by atoms with Crippen LogP contribution >= 0.6 is 0 Å². The molecule has 0 fully saturated rings. The normalized spacial score (nSPS) is 12.4. The molecule has 3 N–H and O–H groups in total. The molecular weight excluding hydrogens is 478 g/mol. The van der Waals surface area contributed by atoms with E-state index in [1.165, 1.54) is 13.0 Å². The van der Waals surface area contributed by atoms with Crippen LogP contribution in [-0.4, -0.2) is 47.4 Å². The lowest BCUT2D eigenvalue weighted by Gasteiger charge is -2.27. The first-order valence-corrected chi connectivity index (χ1v) is 11.4. The molecule has 0 spiro atoms. The Kier molecular flexibility index (Phi) is 9.81. The van der Waals surface area contributed by atoms with Gasteiger partial charge in [-0.25, -0.2) is 9.59 Å². The highest BCUT2D eigenvalue weighted by molar-refractivity contribution is 5.95. The number of aliphatic hydroxyl groups excluding tert-OH is 1. The van der Waals surface area contributed by atoms with Crippen LogP contribution in [0.1, 0.15) is 28.9 Å². The first kappa shape index (κ1) is 27.0. The smallest absolute Gasteiger partial charge is 0.412 e. The van der Waals surface area contributed by atoms with Crippen LogP contribution < -0.4 is 14.8 Å². The fourth-order valence-corrected chi connectivity index (χ4v) is 3.40. The Morgan fingerprint density at radius 1 is 0.946 bits per heavy atom. The number of para-hydroxylation sites is 2. The first-order chi connectivity index (χ1) is 17.9. The number of carbonyl (C=O) groups excluding carboxylic acids is 2. The van der Waals surface area contributed by atoms with Crippen LogP contribution in [-0.2, 0) is 9.53 Å². The third-order valence-electron chi connectivity index (χ3n) is 5.09. The zero-order valence-corrected chi connectivity index (χ0v) is 20.1. The number of carboxylic acids is 1. The van der Waals surface area contributed by atoms with Crippen molar-refractivity contribution >= 4 is 23.5 Å². The fourth-order valence-electron chi connectivity index (χ4n) is 3.40. The van der Waals surface area contributed by atoms with Crippen LogP contribution in [0.3, 0.4) is 0 Å². The molecule has 0 saturated heterocycles. The van der Waals surface area contributed by atoms with Crippen molar-refractivity contribution in [3.8, 4) is 11.5 Å². The predicted molar refractivity (Wildman–Crippen MR) is 136 cm³/mol. The summed E-state index contributed by atoms with van der Waals surface area (Å²) in [5.74, 6) is -0.573. The number of nitrogens with one attached hydrogen (secondary N) is 1.